The molecular weight excluding hydrogens is 294 g/mol. The molecule has 1 N–H and O–H groups in total. The molecular formula is C18H17NO4. The summed E-state index contributed by atoms with van der Waals surface area (Å²) in [5.74, 6) is -3.22. The zero-order valence-corrected chi connectivity index (χ0v) is 12.7. The Kier molecular flexibility index (Phi) is 5.25. The second kappa shape index (κ2) is 7.35. The summed E-state index contributed by atoms with van der Waals surface area (Å²) >= 11 is 0. The first-order valence-electron chi connectivity index (χ1n) is 7.13. The van der Waals surface area contributed by atoms with E-state index in [2.05, 4.69) is 6.07 Å². The minimum atomic E-state index is -1.59. The van der Waals surface area contributed by atoms with Gasteiger partial charge >= 0.3 is 5.97 Å². The number of hydrogen-bond acceptors (Lipinski definition) is 3. The predicted octanol–water partition coefficient (Wildman–Crippen LogP) is 2.47. The van der Waals surface area contributed by atoms with Gasteiger partial charge in [0.25, 0.3) is 0 Å². The lowest BCUT2D eigenvalue weighted by Crippen LogP contribution is -2.15. The molecule has 0 aliphatic rings. The van der Waals surface area contributed by atoms with Crippen LogP contribution in [0.3, 0.4) is 0 Å². The summed E-state index contributed by atoms with van der Waals surface area (Å²) in [6, 6.07) is 11.8. The van der Waals surface area contributed by atoms with Gasteiger partial charge in [-0.2, -0.15) is 0 Å². The van der Waals surface area contributed by atoms with Crippen molar-refractivity contribution in [2.75, 3.05) is 0 Å². The van der Waals surface area contributed by atoms with E-state index in [1.54, 1.807) is 6.08 Å². The number of aromatic nitrogens is 1. The third-order valence-electron chi connectivity index (χ3n) is 3.31. The molecule has 0 fully saturated rings. The summed E-state index contributed by atoms with van der Waals surface area (Å²) in [5, 5.41) is 8.48. The van der Waals surface area contributed by atoms with Crippen molar-refractivity contribution in [3.05, 3.63) is 65.5 Å². The maximum atomic E-state index is 11.6. The van der Waals surface area contributed by atoms with Crippen LogP contribution in [0.1, 0.15) is 23.2 Å². The largest absolute Gasteiger partial charge is 0.475 e. The van der Waals surface area contributed by atoms with Gasteiger partial charge in [-0.05, 0) is 36.8 Å². The Bertz CT molecular complexity index is 771. The molecule has 0 atom stereocenters. The minimum absolute atomic E-state index is 0.527. The summed E-state index contributed by atoms with van der Waals surface area (Å²) in [5.41, 5.74) is 3.12. The fraction of sp³-hybridized carbons (Fsp3) is 0.167. The van der Waals surface area contributed by atoms with E-state index >= 15 is 0 Å². The quantitative estimate of drug-likeness (QED) is 0.484. The summed E-state index contributed by atoms with van der Waals surface area (Å²) in [7, 11) is 0. The zero-order valence-electron chi connectivity index (χ0n) is 12.7. The van der Waals surface area contributed by atoms with Crippen LogP contribution in [0.5, 0.6) is 0 Å². The fourth-order valence-corrected chi connectivity index (χ4v) is 2.20. The highest BCUT2D eigenvalue weighted by Crippen LogP contribution is 2.11. The molecule has 23 heavy (non-hydrogen) atoms. The first-order valence-corrected chi connectivity index (χ1v) is 7.13. The van der Waals surface area contributed by atoms with Crippen molar-refractivity contribution in [2.24, 2.45) is 0 Å². The molecule has 2 rings (SSSR count). The number of carbonyl (C=O) groups excluding carboxylic acids is 2. The molecule has 5 heteroatoms. The average Bonchev–Trinajstić information content (AvgIpc) is 2.92. The van der Waals surface area contributed by atoms with Crippen molar-refractivity contribution >= 4 is 23.6 Å². The Morgan fingerprint density at radius 1 is 1.17 bits per heavy atom. The van der Waals surface area contributed by atoms with Crippen molar-refractivity contribution in [2.45, 2.75) is 19.9 Å². The van der Waals surface area contributed by atoms with Crippen molar-refractivity contribution in [3.8, 4) is 0 Å². The van der Waals surface area contributed by atoms with Gasteiger partial charge in [0.05, 0.1) is 6.42 Å². The predicted molar refractivity (Wildman–Crippen MR) is 86.0 cm³/mol. The van der Waals surface area contributed by atoms with Gasteiger partial charge in [-0.25, -0.2) is 4.79 Å². The van der Waals surface area contributed by atoms with Crippen LogP contribution >= 0.6 is 0 Å². The number of aliphatic carboxylic acids is 1. The minimum Gasteiger partial charge on any atom is -0.475 e. The lowest BCUT2D eigenvalue weighted by Gasteiger charge is -2.07. The van der Waals surface area contributed by atoms with E-state index in [0.717, 1.165) is 11.3 Å². The van der Waals surface area contributed by atoms with Crippen molar-refractivity contribution in [3.63, 3.8) is 0 Å². The Morgan fingerprint density at radius 3 is 2.65 bits per heavy atom. The van der Waals surface area contributed by atoms with E-state index in [1.165, 1.54) is 11.6 Å². The fourth-order valence-electron chi connectivity index (χ4n) is 2.20. The third kappa shape index (κ3) is 4.78. The maximum Gasteiger partial charge on any atom is 0.372 e. The smallest absolute Gasteiger partial charge is 0.372 e. The number of allylic oxidation sites excluding steroid dienone is 1. The summed E-state index contributed by atoms with van der Waals surface area (Å²) in [6.45, 7) is 2.69. The van der Waals surface area contributed by atoms with Crippen molar-refractivity contribution < 1.29 is 19.5 Å². The van der Waals surface area contributed by atoms with E-state index in [1.807, 2.05) is 48.0 Å². The molecule has 1 heterocycles. The number of aryl methyl sites for hydroxylation is 1. The topological polar surface area (TPSA) is 76.4 Å². The number of carboxylic acid groups (broad SMARTS) is 1. The highest BCUT2D eigenvalue weighted by Gasteiger charge is 2.14. The number of Topliss-reactive ketones (excluding diaryl/α,β-unsaturated/α-hetero) is 1. The normalized spacial score (nSPS) is 10.8. The zero-order chi connectivity index (χ0) is 16.8. The monoisotopic (exact) mass is 311 g/mol. The second-order valence-corrected chi connectivity index (χ2v) is 5.25. The van der Waals surface area contributed by atoms with Crippen LogP contribution in [-0.4, -0.2) is 27.2 Å². The van der Waals surface area contributed by atoms with Crippen molar-refractivity contribution in [1.29, 1.82) is 0 Å². The number of carbonyl (C=O) groups is 3. The van der Waals surface area contributed by atoms with Crippen LogP contribution in [0.2, 0.25) is 0 Å². The van der Waals surface area contributed by atoms with Gasteiger partial charge in [-0.15, -0.1) is 0 Å². The third-order valence-corrected chi connectivity index (χ3v) is 3.31. The molecule has 0 saturated heterocycles. The van der Waals surface area contributed by atoms with Crippen LogP contribution in [0, 0.1) is 6.92 Å². The van der Waals surface area contributed by atoms with E-state index in [0.29, 0.717) is 6.54 Å². The number of hydrogen-bond donors (Lipinski definition) is 1. The van der Waals surface area contributed by atoms with Gasteiger partial charge in [-0.3, -0.25) is 9.59 Å². The summed E-state index contributed by atoms with van der Waals surface area (Å²) < 4.78 is 1.97. The summed E-state index contributed by atoms with van der Waals surface area (Å²) in [6.07, 6.45) is 4.11. The Morgan fingerprint density at radius 2 is 1.96 bits per heavy atom. The van der Waals surface area contributed by atoms with Crippen LogP contribution < -0.4 is 0 Å². The van der Waals surface area contributed by atoms with E-state index in [-0.39, 0.29) is 0 Å². The van der Waals surface area contributed by atoms with E-state index < -0.39 is 24.0 Å². The van der Waals surface area contributed by atoms with Gasteiger partial charge in [0.15, 0.2) is 5.78 Å². The molecule has 0 bridgehead atoms. The molecule has 0 unspecified atom stereocenters. The Hall–Kier alpha value is -2.95. The summed E-state index contributed by atoms with van der Waals surface area (Å²) in [4.78, 5) is 33.0. The van der Waals surface area contributed by atoms with Crippen molar-refractivity contribution in [1.82, 2.24) is 4.57 Å². The number of rotatable bonds is 7. The first kappa shape index (κ1) is 16.4. The number of carboxylic acids is 1. The number of nitrogens with zero attached hydrogens (tertiary/aromatic N) is 1. The average molecular weight is 311 g/mol. The lowest BCUT2D eigenvalue weighted by atomic mass is 10.1. The number of benzene rings is 1. The molecule has 1 aromatic heterocycles. The van der Waals surface area contributed by atoms with E-state index in [4.69, 9.17) is 5.11 Å². The van der Waals surface area contributed by atoms with Gasteiger partial charge in [0.2, 0.25) is 5.78 Å². The molecule has 0 saturated carbocycles. The van der Waals surface area contributed by atoms with Crippen LogP contribution in [-0.2, 0) is 20.9 Å². The molecule has 0 amide bonds. The molecule has 2 aromatic rings. The van der Waals surface area contributed by atoms with Crippen LogP contribution in [0.4, 0.5) is 0 Å². The van der Waals surface area contributed by atoms with Gasteiger partial charge in [-0.1, -0.05) is 29.8 Å². The number of ketones is 2. The molecule has 1 aromatic carbocycles. The lowest BCUT2D eigenvalue weighted by molar-refractivity contribution is -0.149. The Labute approximate surface area is 133 Å². The molecule has 0 radical (unpaired) electrons. The maximum absolute atomic E-state index is 11.6. The Balaban J connectivity index is 2.06. The second-order valence-electron chi connectivity index (χ2n) is 5.25. The standard InChI is InChI=1S/C18H17NO4/c1-13-4-2-5-14(10-13)12-19-9-3-6-15(19)7-8-16(20)11-17(21)18(22)23/h2-10H,11-12H2,1H3,(H,22,23)/b8-7+. The van der Waals surface area contributed by atoms with Crippen LogP contribution in [0.25, 0.3) is 6.08 Å². The van der Waals surface area contributed by atoms with E-state index in [9.17, 15) is 14.4 Å². The molecule has 0 spiro atoms. The van der Waals surface area contributed by atoms with Gasteiger partial charge in [0, 0.05) is 18.4 Å². The van der Waals surface area contributed by atoms with Crippen LogP contribution in [0.15, 0.2) is 48.7 Å². The highest BCUT2D eigenvalue weighted by atomic mass is 16.4. The molecule has 0 aliphatic heterocycles. The molecule has 5 nitrogen and oxygen atoms in total. The molecule has 118 valence electrons. The first-order chi connectivity index (χ1) is 11.0. The SMILES string of the molecule is Cc1cccc(Cn2cccc2/C=C/C(=O)CC(=O)C(=O)O)c1. The van der Waals surface area contributed by atoms with Gasteiger partial charge in [0.1, 0.15) is 0 Å². The molecule has 0 aliphatic carbocycles. The van der Waals surface area contributed by atoms with Gasteiger partial charge < -0.3 is 9.67 Å². The highest BCUT2D eigenvalue weighted by molar-refractivity contribution is 6.37.